The minimum atomic E-state index is -0.512. The number of carbonyl (C=O) groups is 3. The second-order valence-electron chi connectivity index (χ2n) is 32.8. The van der Waals surface area contributed by atoms with Crippen molar-refractivity contribution in [2.75, 3.05) is 57.9 Å². The molecule has 20 nitrogen and oxygen atoms in total. The molecule has 1 aliphatic heterocycles. The van der Waals surface area contributed by atoms with Crippen LogP contribution >= 0.6 is 63.7 Å². The number of hydrogen-bond acceptors (Lipinski definition) is 17. The third kappa shape index (κ3) is 30.4. The van der Waals surface area contributed by atoms with Gasteiger partial charge in [-0.1, -0.05) is 192 Å². The summed E-state index contributed by atoms with van der Waals surface area (Å²) >= 11 is 13.3. The number of phenolic OH excluding ortho intramolecular Hbond substituents is 1. The molecule has 15 rings (SSSR count). The topological polar surface area (TPSA) is 255 Å². The van der Waals surface area contributed by atoms with E-state index in [0.717, 1.165) is 85.0 Å². The molecule has 0 radical (unpaired) electrons. The van der Waals surface area contributed by atoms with Crippen molar-refractivity contribution in [3.8, 4) is 84.4 Å². The Kier molecular flexibility index (Phi) is 36.2. The van der Waals surface area contributed by atoms with Crippen molar-refractivity contribution in [1.82, 2.24) is 30.9 Å². The summed E-state index contributed by atoms with van der Waals surface area (Å²) in [6, 6.07) is 70.4. The molecular weight excluding hydrogens is 1810 g/mol. The number of halogens is 4. The van der Waals surface area contributed by atoms with Crippen LogP contribution < -0.4 is 46.1 Å². The van der Waals surface area contributed by atoms with Gasteiger partial charge in [0.1, 0.15) is 65.4 Å². The van der Waals surface area contributed by atoms with E-state index >= 15 is 0 Å². The first-order valence-corrected chi connectivity index (χ1v) is 44.5. The number of benzene rings is 8. The smallest absolute Gasteiger partial charge is 0.494 e. The molecule has 1 fully saturated rings. The van der Waals surface area contributed by atoms with Crippen LogP contribution in [-0.2, 0) is 42.8 Å². The maximum absolute atomic E-state index is 11.6. The number of alkyl carbamates (subject to hydrolysis) is 3. The van der Waals surface area contributed by atoms with Crippen LogP contribution in [0, 0.1) is 0 Å². The monoisotopic (exact) mass is 1920 g/mol. The number of amides is 3. The average Bonchev–Trinajstić information content (AvgIpc) is 1.62. The Balaban J connectivity index is 0.000000167. The van der Waals surface area contributed by atoms with Crippen LogP contribution in [0.5, 0.6) is 28.7 Å². The number of alkyl halides is 1. The molecule has 4 aliphatic rings. The molecule has 0 atom stereocenters. The van der Waals surface area contributed by atoms with Gasteiger partial charge >= 0.3 is 25.4 Å². The van der Waals surface area contributed by atoms with E-state index in [1.165, 1.54) is 78.1 Å². The summed E-state index contributed by atoms with van der Waals surface area (Å²) in [5, 5.41) is 17.4. The summed E-state index contributed by atoms with van der Waals surface area (Å²) in [5.74, 6) is 3.53. The molecule has 3 aromatic heterocycles. The van der Waals surface area contributed by atoms with Gasteiger partial charge in [0.2, 0.25) is 0 Å². The molecule has 0 spiro atoms. The number of ether oxygens (including phenoxy) is 7. The molecule has 11 aromatic rings. The van der Waals surface area contributed by atoms with Crippen molar-refractivity contribution >= 4 is 94.6 Å². The summed E-state index contributed by atoms with van der Waals surface area (Å²) in [5.41, 5.74) is 24.3. The maximum atomic E-state index is 11.6. The molecule has 1 saturated heterocycles. The fourth-order valence-corrected chi connectivity index (χ4v) is 14.5. The predicted octanol–water partition coefficient (Wildman–Crippen LogP) is 22.5. The Bertz CT molecular complexity index is 5130. The molecule has 3 amide bonds. The van der Waals surface area contributed by atoms with Crippen molar-refractivity contribution in [2.24, 2.45) is 5.73 Å². The van der Waals surface area contributed by atoms with Gasteiger partial charge in [-0.3, -0.25) is 15.0 Å². The highest BCUT2D eigenvalue weighted by molar-refractivity contribution is 9.11. The van der Waals surface area contributed by atoms with E-state index in [-0.39, 0.29) is 17.3 Å². The molecule has 648 valence electrons. The van der Waals surface area contributed by atoms with Gasteiger partial charge in [-0.15, -0.1) is 0 Å². The molecule has 0 saturated carbocycles. The van der Waals surface area contributed by atoms with E-state index in [2.05, 4.69) is 217 Å². The molecule has 25 heteroatoms. The highest BCUT2D eigenvalue weighted by Crippen LogP contribution is 2.45. The number of nitrogens with one attached hydrogen (secondary N) is 3. The van der Waals surface area contributed by atoms with Gasteiger partial charge in [0.05, 0.1) is 48.0 Å². The standard InChI is InChI=1S/C21H19NO.C20H18N2O.C19H30BNO5.C13H18BrNO3.C12H8BrN.C7H14BrNO2.C6H5BrO/c1-2-12-23-17-8-5-7-15(13-17)19-10-11-22-20-14-16-6-3-4-9-18(16)21(19)20;21-9-11-23-16-6-3-5-14(12-16)18-8-10-22-19-13-15-4-1-2-7-17(15)20(18)19;1-17(2,3)24-16(22)21-11-12-23-15-10-8-9-14(13-15)20-25-18(4,5)19(6,7)26-20;1-13(2,3)18-12(16)15-7-8-17-11-6-4-5-10(14)9-11;13-10-5-6-14-11-7-8-3-1-2-4-9(8)12(10)11;1-7(2,3)11-6(10)9-5-4-8;7-5-2-1-3-6(8)4-5/h3-11,13H,2,12,14H2,1H3;1-8,10,12H,9,11,13,21H2;8-10,13H,11-12H2,1-7H3,(H,21,22);4-6,9H,7-8H2,1-3H3,(H,15,16);1-6H,7H2;4-5H2,1-3H3,(H,9,10);1-4,8H. The van der Waals surface area contributed by atoms with Crippen LogP contribution in [0.25, 0.3) is 55.6 Å². The van der Waals surface area contributed by atoms with E-state index < -0.39 is 36.1 Å². The number of rotatable bonds is 19. The number of nitrogens with two attached hydrogens (primary N) is 1. The zero-order valence-electron chi connectivity index (χ0n) is 72.5. The molecule has 6 N–H and O–H groups in total. The lowest BCUT2D eigenvalue weighted by molar-refractivity contribution is 0.00578. The van der Waals surface area contributed by atoms with E-state index in [1.54, 1.807) is 18.2 Å². The highest BCUT2D eigenvalue weighted by Gasteiger charge is 2.52. The first-order valence-electron chi connectivity index (χ1n) is 41.0. The number of nitrogens with zero attached hydrogens (tertiary/aromatic N) is 3. The molecule has 123 heavy (non-hydrogen) atoms. The van der Waals surface area contributed by atoms with Crippen LogP contribution in [-0.4, -0.2) is 131 Å². The summed E-state index contributed by atoms with van der Waals surface area (Å²) in [7, 11) is -0.427. The number of fused-ring (bicyclic) bond motifs is 9. The quantitative estimate of drug-likeness (QED) is 0.0218. The Labute approximate surface area is 758 Å². The van der Waals surface area contributed by atoms with Crippen LogP contribution in [0.3, 0.4) is 0 Å². The molecule has 3 aliphatic carbocycles. The maximum Gasteiger partial charge on any atom is 0.494 e. The van der Waals surface area contributed by atoms with E-state index in [9.17, 15) is 14.4 Å². The van der Waals surface area contributed by atoms with Gasteiger partial charge in [-0.25, -0.2) is 14.4 Å². The second kappa shape index (κ2) is 46.0. The number of hydrogen-bond donors (Lipinski definition) is 5. The van der Waals surface area contributed by atoms with Gasteiger partial charge in [0.25, 0.3) is 0 Å². The van der Waals surface area contributed by atoms with E-state index in [0.29, 0.717) is 57.5 Å². The normalized spacial score (nSPS) is 12.9. The minimum Gasteiger partial charge on any atom is -0.508 e. The average molecular weight is 1930 g/mol. The van der Waals surface area contributed by atoms with Crippen LogP contribution in [0.4, 0.5) is 14.4 Å². The van der Waals surface area contributed by atoms with Crippen molar-refractivity contribution in [3.05, 3.63) is 278 Å². The van der Waals surface area contributed by atoms with Gasteiger partial charge in [-0.05, 0) is 249 Å². The first-order chi connectivity index (χ1) is 58.6. The summed E-state index contributed by atoms with van der Waals surface area (Å²) in [6.07, 6.45) is 8.23. The molecule has 0 unspecified atom stereocenters. The van der Waals surface area contributed by atoms with E-state index in [1.807, 2.05) is 187 Å². The molecule has 0 bridgehead atoms. The largest absolute Gasteiger partial charge is 0.508 e. The Morgan fingerprint density at radius 3 is 1.23 bits per heavy atom. The third-order valence-electron chi connectivity index (χ3n) is 18.9. The molecule has 8 aromatic carbocycles. The van der Waals surface area contributed by atoms with Gasteiger partial charge in [0.15, 0.2) is 0 Å². The van der Waals surface area contributed by atoms with Gasteiger partial charge < -0.3 is 69.3 Å². The Morgan fingerprint density at radius 2 is 0.813 bits per heavy atom. The highest BCUT2D eigenvalue weighted by atomic mass is 79.9. The summed E-state index contributed by atoms with van der Waals surface area (Å²) < 4.78 is 53.0. The van der Waals surface area contributed by atoms with Crippen LogP contribution in [0.1, 0.15) is 137 Å². The second-order valence-corrected chi connectivity index (χ2v) is 36.3. The van der Waals surface area contributed by atoms with Crippen molar-refractivity contribution in [2.45, 2.75) is 151 Å². The minimum absolute atomic E-state index is 0.291. The van der Waals surface area contributed by atoms with Crippen LogP contribution in [0.2, 0.25) is 0 Å². The van der Waals surface area contributed by atoms with Crippen LogP contribution in [0.15, 0.2) is 244 Å². The third-order valence-corrected chi connectivity index (χ3v) is 21.0. The number of aromatic hydroxyl groups is 1. The SMILES string of the molecule is Brc1ccnc2c1-c1ccccc1C2.CC(C)(C)OC(=O)NCCBr.CC(C)(C)OC(=O)NCCOc1cccc(B2OC(C)(C)C(C)(C)O2)c1.CC(C)(C)OC(=O)NCCOc1cccc(Br)c1.CCCOc1cccc(-c2ccnc3c2-c2ccccc2C3)c1.NCCOc1cccc(-c2ccnc3c2-c2ccccc2C3)c1.Oc1cccc(Br)c1. The molecular formula is C98H112BBr4N7O13. The lowest BCUT2D eigenvalue weighted by Gasteiger charge is -2.32. The van der Waals surface area contributed by atoms with Crippen molar-refractivity contribution in [1.29, 1.82) is 0 Å². The Hall–Kier alpha value is -10.1. The van der Waals surface area contributed by atoms with Gasteiger partial charge in [0, 0.05) is 86.4 Å². The lowest BCUT2D eigenvalue weighted by Crippen LogP contribution is -2.41. The number of carbonyl (C=O) groups excluding carboxylic acids is 3. The fraction of sp³-hybridized carbons (Fsp3) is 0.327. The summed E-state index contributed by atoms with van der Waals surface area (Å²) in [4.78, 5) is 47.4. The fourth-order valence-electron chi connectivity index (χ4n) is 13.0. The van der Waals surface area contributed by atoms with E-state index in [4.69, 9.17) is 53.3 Å². The molecule has 4 heterocycles. The Morgan fingerprint density at radius 1 is 0.439 bits per heavy atom. The predicted molar refractivity (Wildman–Crippen MR) is 506 cm³/mol. The number of phenols is 1. The number of aromatic nitrogens is 3. The van der Waals surface area contributed by atoms with Crippen molar-refractivity contribution < 1.29 is 62.0 Å². The van der Waals surface area contributed by atoms with Crippen molar-refractivity contribution in [3.63, 3.8) is 0 Å². The lowest BCUT2D eigenvalue weighted by atomic mass is 9.79. The summed E-state index contributed by atoms with van der Waals surface area (Å²) in [6.45, 7) is 30.5. The first kappa shape index (κ1) is 96.7. The number of pyridine rings is 3. The zero-order valence-corrected chi connectivity index (χ0v) is 78.8. The van der Waals surface area contributed by atoms with Gasteiger partial charge in [-0.2, -0.15) is 0 Å². The zero-order chi connectivity index (χ0) is 88.9.